The van der Waals surface area contributed by atoms with E-state index in [9.17, 15) is 4.79 Å². The van der Waals surface area contributed by atoms with E-state index in [1.54, 1.807) is 0 Å². The smallest absolute Gasteiger partial charge is 0.308 e. The highest BCUT2D eigenvalue weighted by Gasteiger charge is 2.30. The number of ether oxygens (including phenoxy) is 1. The van der Waals surface area contributed by atoms with Crippen molar-refractivity contribution in [2.75, 3.05) is 26.2 Å². The predicted molar refractivity (Wildman–Crippen MR) is 106 cm³/mol. The van der Waals surface area contributed by atoms with E-state index in [1.165, 1.54) is 44.6 Å². The van der Waals surface area contributed by atoms with Gasteiger partial charge < -0.3 is 10.1 Å². The molecule has 0 radical (unpaired) electrons. The zero-order valence-corrected chi connectivity index (χ0v) is 16.5. The monoisotopic (exact) mass is 388 g/mol. The molecule has 6 heteroatoms. The first-order valence-corrected chi connectivity index (χ1v) is 8.97. The highest BCUT2D eigenvalue weighted by molar-refractivity contribution is 5.85. The van der Waals surface area contributed by atoms with Crippen molar-refractivity contribution >= 4 is 30.8 Å². The lowest BCUT2D eigenvalue weighted by Gasteiger charge is -2.41. The SMILES string of the molecule is CC(=O)Oc1ccc([C@@H](C2CCCCC2)N2CCNCC2)cc1.Cl.Cl. The Balaban J connectivity index is 0.00000156. The lowest BCUT2D eigenvalue weighted by atomic mass is 9.80. The Bertz CT molecular complexity index is 495. The molecule has 25 heavy (non-hydrogen) atoms. The third-order valence-electron chi connectivity index (χ3n) is 5.12. The van der Waals surface area contributed by atoms with E-state index in [0.29, 0.717) is 11.8 Å². The van der Waals surface area contributed by atoms with Gasteiger partial charge in [-0.25, -0.2) is 0 Å². The van der Waals surface area contributed by atoms with Crippen molar-refractivity contribution in [2.45, 2.75) is 45.1 Å². The summed E-state index contributed by atoms with van der Waals surface area (Å²) in [5.41, 5.74) is 1.37. The first-order valence-electron chi connectivity index (χ1n) is 8.97. The summed E-state index contributed by atoms with van der Waals surface area (Å²) in [6.07, 6.45) is 6.77. The van der Waals surface area contributed by atoms with E-state index in [4.69, 9.17) is 4.74 Å². The minimum atomic E-state index is -0.260. The summed E-state index contributed by atoms with van der Waals surface area (Å²) in [5.74, 6) is 1.13. The molecule has 0 aromatic heterocycles. The standard InChI is InChI=1S/C19H28N2O2.2ClH/c1-15(22)23-18-9-7-17(8-10-18)19(16-5-3-2-4-6-16)21-13-11-20-12-14-21;;/h7-10,16,19-20H,2-6,11-14H2,1H3;2*1H/t19-;;/m1../s1. The molecule has 0 spiro atoms. The lowest BCUT2D eigenvalue weighted by Crippen LogP contribution is -2.47. The van der Waals surface area contributed by atoms with Crippen LogP contribution >= 0.6 is 24.8 Å². The van der Waals surface area contributed by atoms with Gasteiger partial charge in [0, 0.05) is 39.1 Å². The van der Waals surface area contributed by atoms with Crippen molar-refractivity contribution in [3.8, 4) is 5.75 Å². The molecule has 1 aliphatic heterocycles. The zero-order chi connectivity index (χ0) is 16.1. The predicted octanol–water partition coefficient (Wildman–Crippen LogP) is 3.98. The first-order chi connectivity index (χ1) is 11.2. The van der Waals surface area contributed by atoms with E-state index in [1.807, 2.05) is 12.1 Å². The summed E-state index contributed by atoms with van der Waals surface area (Å²) in [6, 6.07) is 8.69. The fourth-order valence-electron chi connectivity index (χ4n) is 4.09. The maximum absolute atomic E-state index is 11.1. The van der Waals surface area contributed by atoms with Gasteiger partial charge in [-0.15, -0.1) is 24.8 Å². The molecular formula is C19H30Cl2N2O2. The fraction of sp³-hybridized carbons (Fsp3) is 0.632. The van der Waals surface area contributed by atoms with Gasteiger partial charge >= 0.3 is 5.97 Å². The second-order valence-corrected chi connectivity index (χ2v) is 6.79. The van der Waals surface area contributed by atoms with Crippen molar-refractivity contribution in [3.63, 3.8) is 0 Å². The Morgan fingerprint density at radius 3 is 2.24 bits per heavy atom. The fourth-order valence-corrected chi connectivity index (χ4v) is 4.09. The number of carbonyl (C=O) groups is 1. The summed E-state index contributed by atoms with van der Waals surface area (Å²) in [6.45, 7) is 5.84. The largest absolute Gasteiger partial charge is 0.427 e. The quantitative estimate of drug-likeness (QED) is 0.625. The second kappa shape index (κ2) is 11.0. The van der Waals surface area contributed by atoms with E-state index >= 15 is 0 Å². The van der Waals surface area contributed by atoms with E-state index < -0.39 is 0 Å². The molecule has 0 bridgehead atoms. The second-order valence-electron chi connectivity index (χ2n) is 6.79. The third-order valence-corrected chi connectivity index (χ3v) is 5.12. The van der Waals surface area contributed by atoms with Crippen LogP contribution in [0.4, 0.5) is 0 Å². The number of nitrogens with zero attached hydrogens (tertiary/aromatic N) is 1. The minimum absolute atomic E-state index is 0. The number of halogens is 2. The Kier molecular flexibility index (Phi) is 9.80. The van der Waals surface area contributed by atoms with Gasteiger partial charge in [0.15, 0.2) is 0 Å². The Morgan fingerprint density at radius 1 is 1.08 bits per heavy atom. The summed E-state index contributed by atoms with van der Waals surface area (Å²) in [4.78, 5) is 13.7. The molecule has 142 valence electrons. The molecule has 0 unspecified atom stereocenters. The van der Waals surface area contributed by atoms with Crippen LogP contribution in [-0.4, -0.2) is 37.0 Å². The molecule has 3 rings (SSSR count). The molecule has 1 N–H and O–H groups in total. The zero-order valence-electron chi connectivity index (χ0n) is 14.9. The van der Waals surface area contributed by atoms with Crippen LogP contribution in [0.1, 0.15) is 50.6 Å². The lowest BCUT2D eigenvalue weighted by molar-refractivity contribution is -0.131. The van der Waals surface area contributed by atoms with Crippen LogP contribution in [0.15, 0.2) is 24.3 Å². The van der Waals surface area contributed by atoms with Crippen molar-refractivity contribution in [2.24, 2.45) is 5.92 Å². The van der Waals surface area contributed by atoms with Gasteiger partial charge in [-0.3, -0.25) is 9.69 Å². The van der Waals surface area contributed by atoms with Gasteiger partial charge in [0.05, 0.1) is 0 Å². The molecule has 1 aromatic carbocycles. The summed E-state index contributed by atoms with van der Waals surface area (Å²) in [7, 11) is 0. The third kappa shape index (κ3) is 6.14. The molecule has 4 nitrogen and oxygen atoms in total. The highest BCUT2D eigenvalue weighted by Crippen LogP contribution is 2.38. The molecule has 2 aliphatic rings. The molecule has 1 saturated heterocycles. The van der Waals surface area contributed by atoms with E-state index in [0.717, 1.165) is 32.1 Å². The van der Waals surface area contributed by atoms with Crippen molar-refractivity contribution in [3.05, 3.63) is 29.8 Å². The number of rotatable bonds is 4. The number of carbonyl (C=O) groups excluding carboxylic acids is 1. The number of piperazine rings is 1. The topological polar surface area (TPSA) is 41.6 Å². The maximum atomic E-state index is 11.1. The number of nitrogens with one attached hydrogen (secondary N) is 1. The highest BCUT2D eigenvalue weighted by atomic mass is 35.5. The van der Waals surface area contributed by atoms with Crippen LogP contribution in [0.3, 0.4) is 0 Å². The molecule has 1 heterocycles. The van der Waals surface area contributed by atoms with Gasteiger partial charge in [0.1, 0.15) is 5.75 Å². The molecule has 1 aromatic rings. The van der Waals surface area contributed by atoms with Crippen LogP contribution in [0.2, 0.25) is 0 Å². The average Bonchev–Trinajstić information content (AvgIpc) is 2.58. The summed E-state index contributed by atoms with van der Waals surface area (Å²) >= 11 is 0. The Hall–Kier alpha value is -0.810. The van der Waals surface area contributed by atoms with Crippen molar-refractivity contribution in [1.29, 1.82) is 0 Å². The maximum Gasteiger partial charge on any atom is 0.308 e. The molecule has 1 atom stereocenters. The summed E-state index contributed by atoms with van der Waals surface area (Å²) < 4.78 is 5.18. The molecule has 1 saturated carbocycles. The normalized spacial score (nSPS) is 20.0. The van der Waals surface area contributed by atoms with Gasteiger partial charge in [0.2, 0.25) is 0 Å². The Labute approximate surface area is 163 Å². The molecule has 2 fully saturated rings. The van der Waals surface area contributed by atoms with Gasteiger partial charge in [-0.2, -0.15) is 0 Å². The van der Waals surface area contributed by atoms with Crippen LogP contribution < -0.4 is 10.1 Å². The van der Waals surface area contributed by atoms with E-state index in [-0.39, 0.29) is 30.8 Å². The average molecular weight is 389 g/mol. The Morgan fingerprint density at radius 2 is 1.68 bits per heavy atom. The van der Waals surface area contributed by atoms with Crippen molar-refractivity contribution < 1.29 is 9.53 Å². The minimum Gasteiger partial charge on any atom is -0.427 e. The van der Waals surface area contributed by atoms with Crippen molar-refractivity contribution in [1.82, 2.24) is 10.2 Å². The number of hydrogen-bond donors (Lipinski definition) is 1. The number of benzene rings is 1. The van der Waals surface area contributed by atoms with Gasteiger partial charge in [-0.1, -0.05) is 31.4 Å². The van der Waals surface area contributed by atoms with Crippen LogP contribution in [0, 0.1) is 5.92 Å². The first kappa shape index (κ1) is 22.2. The van der Waals surface area contributed by atoms with Crippen LogP contribution in [0.5, 0.6) is 5.75 Å². The van der Waals surface area contributed by atoms with Crippen LogP contribution in [-0.2, 0) is 4.79 Å². The number of esters is 1. The molecular weight excluding hydrogens is 359 g/mol. The number of hydrogen-bond acceptors (Lipinski definition) is 4. The molecule has 0 amide bonds. The van der Waals surface area contributed by atoms with Gasteiger partial charge in [0.25, 0.3) is 0 Å². The molecule has 1 aliphatic carbocycles. The van der Waals surface area contributed by atoms with Crippen LogP contribution in [0.25, 0.3) is 0 Å². The van der Waals surface area contributed by atoms with Gasteiger partial charge in [-0.05, 0) is 36.5 Å². The van der Waals surface area contributed by atoms with E-state index in [2.05, 4.69) is 22.3 Å². The summed E-state index contributed by atoms with van der Waals surface area (Å²) in [5, 5.41) is 3.46.